The zero-order chi connectivity index (χ0) is 19.5. The number of rotatable bonds is 4. The van der Waals surface area contributed by atoms with Crippen molar-refractivity contribution in [3.63, 3.8) is 0 Å². The van der Waals surface area contributed by atoms with Gasteiger partial charge in [0.2, 0.25) is 0 Å². The first kappa shape index (κ1) is 17.9. The smallest absolute Gasteiger partial charge is 0.253 e. The van der Waals surface area contributed by atoms with Gasteiger partial charge in [-0.3, -0.25) is 9.78 Å². The van der Waals surface area contributed by atoms with Crippen LogP contribution in [0.4, 0.5) is 0 Å². The summed E-state index contributed by atoms with van der Waals surface area (Å²) in [5.41, 5.74) is 3.36. The van der Waals surface area contributed by atoms with Gasteiger partial charge >= 0.3 is 0 Å². The molecule has 6 heteroatoms. The van der Waals surface area contributed by atoms with Gasteiger partial charge in [0.05, 0.1) is 11.6 Å². The third-order valence-electron chi connectivity index (χ3n) is 5.27. The van der Waals surface area contributed by atoms with Crippen LogP contribution in [0.25, 0.3) is 11.4 Å². The van der Waals surface area contributed by atoms with Crippen molar-refractivity contribution >= 4 is 5.91 Å². The van der Waals surface area contributed by atoms with Crippen LogP contribution in [-0.2, 0) is 6.54 Å². The quantitative estimate of drug-likeness (QED) is 0.705. The number of likely N-dealkylation sites (tertiary alicyclic amines) is 1. The summed E-state index contributed by atoms with van der Waals surface area (Å²) in [7, 11) is 0. The molecule has 6 nitrogen and oxygen atoms in total. The van der Waals surface area contributed by atoms with E-state index in [-0.39, 0.29) is 5.91 Å². The highest BCUT2D eigenvalue weighted by atomic mass is 16.2. The number of hydrogen-bond acceptors (Lipinski definition) is 4. The lowest BCUT2D eigenvalue weighted by molar-refractivity contribution is 0.0786. The number of carbonyl (C=O) groups excluding carboxylic acids is 1. The first-order valence-electron chi connectivity index (χ1n) is 9.37. The molecule has 1 fully saturated rings. The molecule has 1 saturated heterocycles. The van der Waals surface area contributed by atoms with Crippen molar-refractivity contribution in [2.45, 2.75) is 19.9 Å². The normalized spacial score (nSPS) is 16.1. The van der Waals surface area contributed by atoms with Crippen LogP contribution >= 0.6 is 0 Å². The minimum atomic E-state index is 0.0312. The third kappa shape index (κ3) is 3.52. The summed E-state index contributed by atoms with van der Waals surface area (Å²) in [6, 6.07) is 12.9. The van der Waals surface area contributed by atoms with Gasteiger partial charge in [0.25, 0.3) is 5.91 Å². The van der Waals surface area contributed by atoms with Crippen molar-refractivity contribution < 1.29 is 4.79 Å². The maximum atomic E-state index is 12.8. The van der Waals surface area contributed by atoms with Crippen LogP contribution in [0.5, 0.6) is 0 Å². The highest BCUT2D eigenvalue weighted by Gasteiger charge is 2.28. The maximum absolute atomic E-state index is 12.8. The number of nitriles is 1. The number of carbonyl (C=O) groups is 1. The van der Waals surface area contributed by atoms with Gasteiger partial charge in [0.1, 0.15) is 5.82 Å². The Morgan fingerprint density at radius 1 is 1.21 bits per heavy atom. The van der Waals surface area contributed by atoms with Gasteiger partial charge in [-0.1, -0.05) is 0 Å². The number of aryl methyl sites for hydroxylation is 1. The topological polar surface area (TPSA) is 74.8 Å². The summed E-state index contributed by atoms with van der Waals surface area (Å²) in [5, 5.41) is 8.91. The fourth-order valence-electron chi connectivity index (χ4n) is 3.72. The van der Waals surface area contributed by atoms with Crippen LogP contribution in [0.15, 0.2) is 55.0 Å². The second-order valence-corrected chi connectivity index (χ2v) is 7.16. The lowest BCUT2D eigenvalue weighted by Gasteiger charge is -2.18. The molecular formula is C22H21N5O. The number of aromatic nitrogens is 3. The summed E-state index contributed by atoms with van der Waals surface area (Å²) in [4.78, 5) is 23.3. The molecule has 3 aromatic rings. The molecule has 1 unspecified atom stereocenters. The lowest BCUT2D eigenvalue weighted by atomic mass is 10.1. The van der Waals surface area contributed by atoms with Gasteiger partial charge < -0.3 is 9.47 Å². The van der Waals surface area contributed by atoms with Gasteiger partial charge in [-0.2, -0.15) is 5.26 Å². The highest BCUT2D eigenvalue weighted by Crippen LogP contribution is 2.25. The molecule has 2 aromatic heterocycles. The monoisotopic (exact) mass is 371 g/mol. The number of amides is 1. The molecule has 0 aliphatic carbocycles. The van der Waals surface area contributed by atoms with Gasteiger partial charge in [-0.15, -0.1) is 0 Å². The molecule has 3 heterocycles. The predicted molar refractivity (Wildman–Crippen MR) is 105 cm³/mol. The van der Waals surface area contributed by atoms with E-state index in [1.54, 1.807) is 36.7 Å². The van der Waals surface area contributed by atoms with E-state index in [0.717, 1.165) is 43.1 Å². The number of hydrogen-bond donors (Lipinski definition) is 0. The van der Waals surface area contributed by atoms with Crippen molar-refractivity contribution in [1.82, 2.24) is 19.4 Å². The summed E-state index contributed by atoms with van der Waals surface area (Å²) >= 11 is 0. The van der Waals surface area contributed by atoms with Crippen LogP contribution in [0.1, 0.15) is 28.0 Å². The first-order valence-corrected chi connectivity index (χ1v) is 9.37. The van der Waals surface area contributed by atoms with Gasteiger partial charge in [0, 0.05) is 55.0 Å². The average molecular weight is 371 g/mol. The second-order valence-electron chi connectivity index (χ2n) is 7.16. The molecule has 1 atom stereocenters. The molecule has 1 aliphatic heterocycles. The van der Waals surface area contributed by atoms with E-state index in [0.29, 0.717) is 17.0 Å². The van der Waals surface area contributed by atoms with Crippen LogP contribution in [0.3, 0.4) is 0 Å². The minimum absolute atomic E-state index is 0.0312. The van der Waals surface area contributed by atoms with Crippen molar-refractivity contribution in [3.8, 4) is 17.5 Å². The van der Waals surface area contributed by atoms with Crippen molar-refractivity contribution in [2.75, 3.05) is 13.1 Å². The van der Waals surface area contributed by atoms with Crippen molar-refractivity contribution in [1.29, 1.82) is 5.26 Å². The predicted octanol–water partition coefficient (Wildman–Crippen LogP) is 3.29. The van der Waals surface area contributed by atoms with E-state index in [2.05, 4.69) is 27.5 Å². The minimum Gasteiger partial charge on any atom is -0.338 e. The Morgan fingerprint density at radius 2 is 1.96 bits per heavy atom. The van der Waals surface area contributed by atoms with E-state index in [4.69, 9.17) is 5.26 Å². The summed E-state index contributed by atoms with van der Waals surface area (Å²) in [5.74, 6) is 1.36. The maximum Gasteiger partial charge on any atom is 0.253 e. The number of imidazole rings is 1. The first-order chi connectivity index (χ1) is 13.7. The summed E-state index contributed by atoms with van der Waals surface area (Å²) < 4.78 is 2.23. The molecule has 0 radical (unpaired) electrons. The van der Waals surface area contributed by atoms with E-state index in [1.165, 1.54) is 0 Å². The molecule has 1 amide bonds. The Balaban J connectivity index is 1.46. The number of benzene rings is 1. The molecule has 0 N–H and O–H groups in total. The molecule has 0 spiro atoms. The Hall–Kier alpha value is -3.46. The van der Waals surface area contributed by atoms with Crippen LogP contribution in [0, 0.1) is 24.2 Å². The summed E-state index contributed by atoms with van der Waals surface area (Å²) in [6.07, 6.45) is 6.41. The molecule has 4 rings (SSSR count). The largest absolute Gasteiger partial charge is 0.338 e. The molecule has 1 aromatic carbocycles. The zero-order valence-electron chi connectivity index (χ0n) is 15.7. The van der Waals surface area contributed by atoms with Crippen LogP contribution in [-0.4, -0.2) is 38.4 Å². The van der Waals surface area contributed by atoms with Crippen LogP contribution < -0.4 is 0 Å². The Morgan fingerprint density at radius 3 is 2.68 bits per heavy atom. The van der Waals surface area contributed by atoms with Gasteiger partial charge in [-0.25, -0.2) is 4.98 Å². The standard InChI is InChI=1S/C22H21N5O/c1-16-13-25-21(19-6-9-24-10-7-19)27(16)15-18-8-11-26(14-18)22(28)20-4-2-17(12-23)3-5-20/h2-7,9-10,13,18H,8,11,14-15H2,1H3. The van der Waals surface area contributed by atoms with Crippen molar-refractivity contribution in [3.05, 3.63) is 71.8 Å². The van der Waals surface area contributed by atoms with Gasteiger partial charge in [-0.05, 0) is 55.7 Å². The molecule has 140 valence electrons. The number of nitrogens with zero attached hydrogens (tertiary/aromatic N) is 5. The second kappa shape index (κ2) is 7.65. The highest BCUT2D eigenvalue weighted by molar-refractivity contribution is 5.94. The van der Waals surface area contributed by atoms with Gasteiger partial charge in [0.15, 0.2) is 0 Å². The fraction of sp³-hybridized carbons (Fsp3) is 0.273. The third-order valence-corrected chi connectivity index (χ3v) is 5.27. The number of pyridine rings is 1. The molecular weight excluding hydrogens is 350 g/mol. The van der Waals surface area contributed by atoms with E-state index in [9.17, 15) is 4.79 Å². The average Bonchev–Trinajstić information content (AvgIpc) is 3.36. The van der Waals surface area contributed by atoms with Crippen molar-refractivity contribution in [2.24, 2.45) is 5.92 Å². The Bertz CT molecular complexity index is 1020. The molecule has 1 aliphatic rings. The molecule has 0 bridgehead atoms. The van der Waals surface area contributed by atoms with Crippen LogP contribution in [0.2, 0.25) is 0 Å². The Kier molecular flexibility index (Phi) is 4.90. The summed E-state index contributed by atoms with van der Waals surface area (Å²) in [6.45, 7) is 4.38. The van der Waals surface area contributed by atoms with E-state index < -0.39 is 0 Å². The lowest BCUT2D eigenvalue weighted by Crippen LogP contribution is -2.29. The van der Waals surface area contributed by atoms with E-state index in [1.807, 2.05) is 23.2 Å². The SMILES string of the molecule is Cc1cnc(-c2ccncc2)n1CC1CCN(C(=O)c2ccc(C#N)cc2)C1. The van der Waals surface area contributed by atoms with E-state index >= 15 is 0 Å². The molecule has 28 heavy (non-hydrogen) atoms. The molecule has 0 saturated carbocycles. The Labute approximate surface area is 164 Å². The fourth-order valence-corrected chi connectivity index (χ4v) is 3.72. The zero-order valence-corrected chi connectivity index (χ0v) is 15.7.